The Morgan fingerprint density at radius 3 is 2.43 bits per heavy atom. The first-order valence-corrected chi connectivity index (χ1v) is 13.1. The summed E-state index contributed by atoms with van der Waals surface area (Å²) in [5.41, 5.74) is 1.93. The second-order valence-electron chi connectivity index (χ2n) is 8.00. The Morgan fingerprint density at radius 1 is 1.11 bits per heavy atom. The molecule has 0 saturated carbocycles. The quantitative estimate of drug-likeness (QED) is 0.334. The Bertz CT molecular complexity index is 920. The van der Waals surface area contributed by atoms with Crippen LogP contribution in [0.25, 0.3) is 11.6 Å². The molecule has 3 rings (SSSR count). The molecule has 0 N–H and O–H groups in total. The minimum atomic E-state index is -1.24. The molecule has 148 valence electrons. The highest BCUT2D eigenvalue weighted by Crippen LogP contribution is 2.39. The van der Waals surface area contributed by atoms with Crippen molar-refractivity contribution < 1.29 is 18.3 Å². The Balaban J connectivity index is 1.89. The zero-order valence-corrected chi connectivity index (χ0v) is 17.8. The van der Waals surface area contributed by atoms with Crippen LogP contribution in [-0.4, -0.2) is 27.3 Å². The predicted molar refractivity (Wildman–Crippen MR) is 112 cm³/mol. The molecule has 0 radical (unpaired) electrons. The summed E-state index contributed by atoms with van der Waals surface area (Å²) in [5.74, 6) is -1.67. The van der Waals surface area contributed by atoms with Crippen molar-refractivity contribution in [1.82, 2.24) is 0 Å². The van der Waals surface area contributed by atoms with Gasteiger partial charge in [0.1, 0.15) is 18.4 Å². The number of carbonyl (C=O) groups is 1. The number of hydrogen-bond donors (Lipinski definition) is 0. The molecular weight excluding hydrogens is 400 g/mol. The van der Waals surface area contributed by atoms with Crippen LogP contribution in [0.1, 0.15) is 11.1 Å². The van der Waals surface area contributed by atoms with E-state index in [1.807, 2.05) is 0 Å². The summed E-state index contributed by atoms with van der Waals surface area (Å²) in [5, 5.41) is 0.497. The van der Waals surface area contributed by atoms with E-state index in [4.69, 9.17) is 16.3 Å². The van der Waals surface area contributed by atoms with Gasteiger partial charge in [0, 0.05) is 36.9 Å². The fourth-order valence-electron chi connectivity index (χ4n) is 2.95. The maximum atomic E-state index is 13.5. The summed E-state index contributed by atoms with van der Waals surface area (Å²) < 4.78 is 32.8. The van der Waals surface area contributed by atoms with E-state index in [1.165, 1.54) is 23.1 Å². The van der Waals surface area contributed by atoms with Crippen molar-refractivity contribution in [3.63, 3.8) is 0 Å². The molecule has 0 aliphatic carbocycles. The van der Waals surface area contributed by atoms with Gasteiger partial charge in [-0.2, -0.15) is 0 Å². The molecule has 2 aromatic carbocycles. The maximum Gasteiger partial charge on any atom is 0.260 e. The van der Waals surface area contributed by atoms with Crippen molar-refractivity contribution in [2.24, 2.45) is 0 Å². The lowest BCUT2D eigenvalue weighted by atomic mass is 10.0. The number of benzene rings is 2. The third-order valence-electron chi connectivity index (χ3n) is 4.43. The average Bonchev–Trinajstić information content (AvgIpc) is 2.81. The lowest BCUT2D eigenvalue weighted by molar-refractivity contribution is -0.114. The van der Waals surface area contributed by atoms with Gasteiger partial charge < -0.3 is 4.74 Å². The Hall–Kier alpha value is -2.02. The number of hydrogen-bond acceptors (Lipinski definition) is 2. The number of ether oxygens (including phenoxy) is 1. The van der Waals surface area contributed by atoms with E-state index in [9.17, 15) is 13.6 Å². The van der Waals surface area contributed by atoms with Crippen LogP contribution in [0.3, 0.4) is 0 Å². The van der Waals surface area contributed by atoms with E-state index >= 15 is 0 Å². The predicted octanol–water partition coefficient (Wildman–Crippen LogP) is 5.82. The number of carbonyl (C=O) groups excluding carboxylic acids is 1. The molecule has 0 bridgehead atoms. The van der Waals surface area contributed by atoms with E-state index < -0.39 is 19.7 Å². The molecule has 1 amide bonds. The lowest BCUT2D eigenvalue weighted by Crippen LogP contribution is -2.30. The molecule has 0 aromatic heterocycles. The second kappa shape index (κ2) is 8.15. The summed E-state index contributed by atoms with van der Waals surface area (Å²) in [4.78, 5) is 14.5. The third kappa shape index (κ3) is 4.87. The second-order valence-corrected chi connectivity index (χ2v) is 14.1. The third-order valence-corrected chi connectivity index (χ3v) is 6.37. The first-order chi connectivity index (χ1) is 13.1. The van der Waals surface area contributed by atoms with Crippen LogP contribution in [-0.2, 0) is 9.53 Å². The molecule has 7 heteroatoms. The molecule has 0 atom stereocenters. The number of fused-ring (bicyclic) bond motifs is 1. The highest BCUT2D eigenvalue weighted by molar-refractivity contribution is 6.76. The minimum Gasteiger partial charge on any atom is -0.361 e. The molecule has 1 aliphatic rings. The first-order valence-electron chi connectivity index (χ1n) is 9.01. The van der Waals surface area contributed by atoms with Crippen molar-refractivity contribution >= 4 is 42.9 Å². The van der Waals surface area contributed by atoms with Crippen LogP contribution in [0, 0.1) is 11.6 Å². The van der Waals surface area contributed by atoms with Crippen molar-refractivity contribution in [3.8, 4) is 0 Å². The van der Waals surface area contributed by atoms with Gasteiger partial charge in [-0.1, -0.05) is 37.3 Å². The Kier molecular flexibility index (Phi) is 6.03. The van der Waals surface area contributed by atoms with E-state index in [0.717, 1.165) is 12.1 Å². The van der Waals surface area contributed by atoms with Crippen LogP contribution >= 0.6 is 11.6 Å². The molecule has 3 nitrogen and oxygen atoms in total. The number of nitrogens with zero attached hydrogens (tertiary/aromatic N) is 1. The number of anilines is 1. The maximum absolute atomic E-state index is 13.5. The number of amides is 1. The normalized spacial score (nSPS) is 15.4. The molecule has 0 spiro atoms. The van der Waals surface area contributed by atoms with Crippen LogP contribution in [0.4, 0.5) is 14.5 Å². The molecule has 0 saturated heterocycles. The molecule has 28 heavy (non-hydrogen) atoms. The monoisotopic (exact) mass is 421 g/mol. The van der Waals surface area contributed by atoms with Crippen LogP contribution < -0.4 is 4.90 Å². The van der Waals surface area contributed by atoms with Crippen LogP contribution in [0.5, 0.6) is 0 Å². The molecule has 1 heterocycles. The highest BCUT2D eigenvalue weighted by Gasteiger charge is 2.32. The van der Waals surface area contributed by atoms with Gasteiger partial charge in [-0.15, -0.1) is 0 Å². The van der Waals surface area contributed by atoms with Gasteiger partial charge in [-0.25, -0.2) is 8.78 Å². The van der Waals surface area contributed by atoms with Crippen molar-refractivity contribution in [2.75, 3.05) is 18.2 Å². The zero-order valence-electron chi connectivity index (χ0n) is 16.1. The summed E-state index contributed by atoms with van der Waals surface area (Å²) in [6.45, 7) is 7.44. The van der Waals surface area contributed by atoms with E-state index in [-0.39, 0.29) is 18.2 Å². The SMILES string of the molecule is C[Si](C)(C)CCOCN1C(=O)C(=Cc2cc(F)cc(F)c2)c2ccc(Cl)cc21. The lowest BCUT2D eigenvalue weighted by Gasteiger charge is -2.20. The molecule has 0 fully saturated rings. The Morgan fingerprint density at radius 2 is 1.79 bits per heavy atom. The molecule has 0 unspecified atom stereocenters. The van der Waals surface area contributed by atoms with Gasteiger partial charge in [-0.05, 0) is 41.9 Å². The molecule has 2 aromatic rings. The Labute approximate surface area is 169 Å². The molecule has 1 aliphatic heterocycles. The fourth-order valence-corrected chi connectivity index (χ4v) is 3.88. The zero-order chi connectivity index (χ0) is 20.5. The summed E-state index contributed by atoms with van der Waals surface area (Å²) >= 11 is 6.12. The van der Waals surface area contributed by atoms with Gasteiger partial charge in [0.2, 0.25) is 0 Å². The number of halogens is 3. The first kappa shape index (κ1) is 20.7. The standard InChI is InChI=1S/C21H22ClF2NO2Si/c1-28(2,3)7-6-27-13-25-20-11-15(22)4-5-18(20)19(21(25)26)10-14-8-16(23)12-17(24)9-14/h4-5,8-12H,6-7,13H2,1-3H3. The van der Waals surface area contributed by atoms with Gasteiger partial charge in [0.25, 0.3) is 5.91 Å². The van der Waals surface area contributed by atoms with Gasteiger partial charge in [0.15, 0.2) is 0 Å². The minimum absolute atomic E-state index is 0.103. The largest absolute Gasteiger partial charge is 0.361 e. The summed E-state index contributed by atoms with van der Waals surface area (Å²) in [6.07, 6.45) is 1.49. The summed E-state index contributed by atoms with van der Waals surface area (Å²) in [6, 6.07) is 9.28. The van der Waals surface area contributed by atoms with Gasteiger partial charge >= 0.3 is 0 Å². The van der Waals surface area contributed by atoms with Crippen molar-refractivity contribution in [2.45, 2.75) is 25.7 Å². The molecular formula is C21H22ClF2NO2Si. The highest BCUT2D eigenvalue weighted by atomic mass is 35.5. The van der Waals surface area contributed by atoms with Crippen LogP contribution in [0.2, 0.25) is 30.7 Å². The van der Waals surface area contributed by atoms with Crippen LogP contribution in [0.15, 0.2) is 36.4 Å². The van der Waals surface area contributed by atoms with E-state index in [1.54, 1.807) is 18.2 Å². The van der Waals surface area contributed by atoms with Crippen molar-refractivity contribution in [3.05, 3.63) is 64.2 Å². The van der Waals surface area contributed by atoms with Crippen molar-refractivity contribution in [1.29, 1.82) is 0 Å². The van der Waals surface area contributed by atoms with Gasteiger partial charge in [0.05, 0.1) is 5.69 Å². The van der Waals surface area contributed by atoms with E-state index in [2.05, 4.69) is 19.6 Å². The average molecular weight is 422 g/mol. The fraction of sp³-hybridized carbons (Fsp3) is 0.286. The summed E-state index contributed by atoms with van der Waals surface area (Å²) in [7, 11) is -1.24. The number of rotatable bonds is 6. The van der Waals surface area contributed by atoms with E-state index in [0.29, 0.717) is 28.5 Å². The smallest absolute Gasteiger partial charge is 0.260 e. The van der Waals surface area contributed by atoms with Gasteiger partial charge in [-0.3, -0.25) is 9.69 Å². The topological polar surface area (TPSA) is 29.5 Å².